The third kappa shape index (κ3) is 9.12. The van der Waals surface area contributed by atoms with Gasteiger partial charge in [-0.05, 0) is 44.7 Å². The van der Waals surface area contributed by atoms with Crippen molar-refractivity contribution in [3.8, 4) is 0 Å². The highest BCUT2D eigenvalue weighted by atomic mass is 19.4. The van der Waals surface area contributed by atoms with Gasteiger partial charge in [0.25, 0.3) is 0 Å². The number of alkyl halides is 3. The van der Waals surface area contributed by atoms with Crippen LogP contribution in [0.2, 0.25) is 0 Å². The summed E-state index contributed by atoms with van der Waals surface area (Å²) in [6.45, 7) is 6.37. The number of unbranched alkanes of at least 4 members (excludes halogenated alkanes) is 1. The summed E-state index contributed by atoms with van der Waals surface area (Å²) in [7, 11) is 1.57. The second-order valence-electron chi connectivity index (χ2n) is 6.05. The van der Waals surface area contributed by atoms with E-state index in [9.17, 15) is 13.2 Å². The molecular formula is C15H29F3N4. The lowest BCUT2D eigenvalue weighted by molar-refractivity contribution is -0.132. The molecule has 130 valence electrons. The second kappa shape index (κ2) is 9.92. The van der Waals surface area contributed by atoms with Crippen LogP contribution in [0.4, 0.5) is 13.2 Å². The maximum Gasteiger partial charge on any atom is 0.390 e. The van der Waals surface area contributed by atoms with Crippen LogP contribution in [0.3, 0.4) is 0 Å². The zero-order chi connectivity index (χ0) is 16.4. The van der Waals surface area contributed by atoms with Crippen molar-refractivity contribution in [1.82, 2.24) is 15.5 Å². The standard InChI is InChI=1S/C15H29F3N4/c1-13-6-5-11-22(12-13)10-4-3-8-20-14(19-2)21-9-7-15(16,17)18/h13H,3-12H2,1-2H3,(H2,19,20,21). The van der Waals surface area contributed by atoms with Gasteiger partial charge in [-0.15, -0.1) is 0 Å². The van der Waals surface area contributed by atoms with E-state index < -0.39 is 12.6 Å². The Labute approximate surface area is 131 Å². The molecule has 0 aromatic heterocycles. The predicted molar refractivity (Wildman–Crippen MR) is 84.1 cm³/mol. The lowest BCUT2D eigenvalue weighted by Crippen LogP contribution is -2.39. The SMILES string of the molecule is CN=C(NCCCCN1CCCC(C)C1)NCCC(F)(F)F. The van der Waals surface area contributed by atoms with Crippen molar-refractivity contribution < 1.29 is 13.2 Å². The summed E-state index contributed by atoms with van der Waals surface area (Å²) in [4.78, 5) is 6.43. The molecule has 1 rings (SSSR count). The molecule has 1 atom stereocenters. The fourth-order valence-electron chi connectivity index (χ4n) is 2.70. The maximum absolute atomic E-state index is 12.1. The van der Waals surface area contributed by atoms with Gasteiger partial charge < -0.3 is 15.5 Å². The van der Waals surface area contributed by atoms with Crippen LogP contribution in [0.15, 0.2) is 4.99 Å². The van der Waals surface area contributed by atoms with E-state index in [-0.39, 0.29) is 6.54 Å². The zero-order valence-electron chi connectivity index (χ0n) is 13.7. The number of nitrogens with zero attached hydrogens (tertiary/aromatic N) is 2. The largest absolute Gasteiger partial charge is 0.390 e. The summed E-state index contributed by atoms with van der Waals surface area (Å²) in [5.74, 6) is 1.24. The Morgan fingerprint density at radius 1 is 1.23 bits per heavy atom. The first-order chi connectivity index (χ1) is 10.4. The molecule has 1 saturated heterocycles. The molecule has 1 unspecified atom stereocenters. The number of likely N-dealkylation sites (tertiary alicyclic amines) is 1. The third-order valence-electron chi connectivity index (χ3n) is 3.86. The molecule has 1 aliphatic rings. The van der Waals surface area contributed by atoms with E-state index in [2.05, 4.69) is 27.4 Å². The molecule has 1 heterocycles. The quantitative estimate of drug-likeness (QED) is 0.430. The second-order valence-corrected chi connectivity index (χ2v) is 6.05. The molecule has 0 spiro atoms. The minimum Gasteiger partial charge on any atom is -0.356 e. The Hall–Kier alpha value is -0.980. The van der Waals surface area contributed by atoms with Crippen molar-refractivity contribution in [2.24, 2.45) is 10.9 Å². The Kier molecular flexibility index (Phi) is 8.60. The molecule has 0 aromatic carbocycles. The number of nitrogens with one attached hydrogen (secondary N) is 2. The van der Waals surface area contributed by atoms with E-state index in [0.717, 1.165) is 31.8 Å². The highest BCUT2D eigenvalue weighted by molar-refractivity contribution is 5.79. The number of hydrogen-bond donors (Lipinski definition) is 2. The normalized spacial score (nSPS) is 21.0. The molecule has 4 nitrogen and oxygen atoms in total. The molecule has 0 radical (unpaired) electrons. The molecule has 0 aliphatic carbocycles. The van der Waals surface area contributed by atoms with Crippen molar-refractivity contribution in [3.63, 3.8) is 0 Å². The summed E-state index contributed by atoms with van der Waals surface area (Å²) >= 11 is 0. The van der Waals surface area contributed by atoms with Crippen LogP contribution in [-0.2, 0) is 0 Å². The van der Waals surface area contributed by atoms with E-state index in [1.807, 2.05) is 0 Å². The van der Waals surface area contributed by atoms with Gasteiger partial charge in [0.15, 0.2) is 5.96 Å². The summed E-state index contributed by atoms with van der Waals surface area (Å²) in [5, 5.41) is 5.74. The van der Waals surface area contributed by atoms with Gasteiger partial charge in [0, 0.05) is 26.7 Å². The van der Waals surface area contributed by atoms with Gasteiger partial charge in [-0.1, -0.05) is 6.92 Å². The molecule has 22 heavy (non-hydrogen) atoms. The first-order valence-electron chi connectivity index (χ1n) is 8.14. The fourth-order valence-corrected chi connectivity index (χ4v) is 2.70. The number of aliphatic imine (C=N–C) groups is 1. The molecule has 0 amide bonds. The molecular weight excluding hydrogens is 293 g/mol. The van der Waals surface area contributed by atoms with Crippen molar-refractivity contribution in [2.75, 3.05) is 39.8 Å². The summed E-state index contributed by atoms with van der Waals surface area (Å²) in [6.07, 6.45) is -0.268. The van der Waals surface area contributed by atoms with Gasteiger partial charge in [0.05, 0.1) is 6.42 Å². The minimum absolute atomic E-state index is 0.144. The third-order valence-corrected chi connectivity index (χ3v) is 3.86. The molecule has 1 fully saturated rings. The van der Waals surface area contributed by atoms with Crippen LogP contribution in [0.25, 0.3) is 0 Å². The van der Waals surface area contributed by atoms with Crippen LogP contribution >= 0.6 is 0 Å². The lowest BCUT2D eigenvalue weighted by Gasteiger charge is -2.30. The number of guanidine groups is 1. The Bertz CT molecular complexity index is 331. The first kappa shape index (κ1) is 19.1. The molecule has 1 aliphatic heterocycles. The maximum atomic E-state index is 12.1. The van der Waals surface area contributed by atoms with E-state index in [1.54, 1.807) is 7.05 Å². The van der Waals surface area contributed by atoms with Gasteiger partial charge in [-0.2, -0.15) is 13.2 Å². The monoisotopic (exact) mass is 322 g/mol. The van der Waals surface area contributed by atoms with Gasteiger partial charge in [0.2, 0.25) is 0 Å². The minimum atomic E-state index is -4.13. The first-order valence-corrected chi connectivity index (χ1v) is 8.14. The zero-order valence-corrected chi connectivity index (χ0v) is 13.7. The smallest absolute Gasteiger partial charge is 0.356 e. The average molecular weight is 322 g/mol. The van der Waals surface area contributed by atoms with Crippen LogP contribution in [0.1, 0.15) is 39.0 Å². The van der Waals surface area contributed by atoms with E-state index in [4.69, 9.17) is 0 Å². The summed E-state index contributed by atoms with van der Waals surface area (Å²) < 4.78 is 36.2. The topological polar surface area (TPSA) is 39.7 Å². The number of hydrogen-bond acceptors (Lipinski definition) is 2. The number of rotatable bonds is 7. The molecule has 2 N–H and O–H groups in total. The van der Waals surface area contributed by atoms with E-state index in [0.29, 0.717) is 5.96 Å². The Balaban J connectivity index is 2.04. The summed E-state index contributed by atoms with van der Waals surface area (Å²) in [5.41, 5.74) is 0. The van der Waals surface area contributed by atoms with Gasteiger partial charge in [-0.25, -0.2) is 0 Å². The van der Waals surface area contributed by atoms with Crippen LogP contribution in [0.5, 0.6) is 0 Å². The highest BCUT2D eigenvalue weighted by Gasteiger charge is 2.26. The van der Waals surface area contributed by atoms with Gasteiger partial charge in [-0.3, -0.25) is 4.99 Å². The molecule has 0 bridgehead atoms. The van der Waals surface area contributed by atoms with Gasteiger partial charge >= 0.3 is 6.18 Å². The van der Waals surface area contributed by atoms with Crippen LogP contribution in [0, 0.1) is 5.92 Å². The van der Waals surface area contributed by atoms with Crippen LogP contribution in [-0.4, -0.2) is 56.8 Å². The Morgan fingerprint density at radius 3 is 2.59 bits per heavy atom. The average Bonchev–Trinajstić information content (AvgIpc) is 2.44. The Morgan fingerprint density at radius 2 is 1.95 bits per heavy atom. The molecule has 0 aromatic rings. The van der Waals surface area contributed by atoms with Crippen LogP contribution < -0.4 is 10.6 Å². The predicted octanol–water partition coefficient (Wildman–Crippen LogP) is 2.62. The number of piperidine rings is 1. The fraction of sp³-hybridized carbons (Fsp3) is 0.933. The number of halogens is 3. The molecule has 0 saturated carbocycles. The molecule has 7 heteroatoms. The lowest BCUT2D eigenvalue weighted by atomic mass is 10.0. The van der Waals surface area contributed by atoms with E-state index >= 15 is 0 Å². The van der Waals surface area contributed by atoms with E-state index in [1.165, 1.54) is 25.9 Å². The van der Waals surface area contributed by atoms with Crippen molar-refractivity contribution in [1.29, 1.82) is 0 Å². The van der Waals surface area contributed by atoms with Gasteiger partial charge in [0.1, 0.15) is 0 Å². The summed E-state index contributed by atoms with van der Waals surface area (Å²) in [6, 6.07) is 0. The van der Waals surface area contributed by atoms with Crippen molar-refractivity contribution in [3.05, 3.63) is 0 Å². The van der Waals surface area contributed by atoms with Crippen molar-refractivity contribution in [2.45, 2.75) is 45.2 Å². The van der Waals surface area contributed by atoms with Crippen molar-refractivity contribution >= 4 is 5.96 Å². The highest BCUT2D eigenvalue weighted by Crippen LogP contribution is 2.18.